The summed E-state index contributed by atoms with van der Waals surface area (Å²) in [5.41, 5.74) is 0. The molecular formula is C32H75O17PSi4. The average molecular weight is 875 g/mol. The Morgan fingerprint density at radius 3 is 0.889 bits per heavy atom. The first-order chi connectivity index (χ1) is 25.3. The van der Waals surface area contributed by atoms with Gasteiger partial charge in [-0.15, -0.1) is 0 Å². The molecule has 0 saturated carbocycles. The van der Waals surface area contributed by atoms with E-state index in [0.717, 1.165) is 12.5 Å². The second-order valence-electron chi connectivity index (χ2n) is 14.6. The van der Waals surface area contributed by atoms with Crippen LogP contribution >= 0.6 is 7.82 Å². The van der Waals surface area contributed by atoms with E-state index in [1.54, 1.807) is 0 Å². The van der Waals surface area contributed by atoms with E-state index in [0.29, 0.717) is 126 Å². The van der Waals surface area contributed by atoms with Crippen LogP contribution in [-0.4, -0.2) is 182 Å². The fraction of sp³-hybridized carbons (Fsp3) is 1.00. The fourth-order valence-electron chi connectivity index (χ4n) is 4.84. The summed E-state index contributed by atoms with van der Waals surface area (Å²) in [6.07, 6.45) is 0.883. The zero-order valence-electron chi connectivity index (χ0n) is 34.7. The number of hydrogen-bond donors (Lipinski definition) is 2. The zero-order chi connectivity index (χ0) is 40.7. The lowest BCUT2D eigenvalue weighted by molar-refractivity contribution is -0.0268. The molecule has 0 amide bonds. The van der Waals surface area contributed by atoms with Gasteiger partial charge in [-0.3, -0.25) is 4.52 Å². The predicted molar refractivity (Wildman–Crippen MR) is 215 cm³/mol. The van der Waals surface area contributed by atoms with Crippen LogP contribution in [0, 0.1) is 0 Å². The second-order valence-corrected chi connectivity index (χ2v) is 32.3. The maximum Gasteiger partial charge on any atom is 0.469 e. The standard InChI is InChI=1S/C32H75O17PSi4/c1-51(2,3)47-53(7,8)49-54(9,48-52(4,5)6)32-10-11-36-12-13-37-14-15-38-16-17-39-18-19-40-20-21-41-22-23-42-24-25-43-26-27-44-28-29-45-30-31-46-50(33,34)35/h10-32H2,1-9H3,(H2,33,34,35). The zero-order valence-corrected chi connectivity index (χ0v) is 39.6. The van der Waals surface area contributed by atoms with Crippen LogP contribution in [0.15, 0.2) is 0 Å². The van der Waals surface area contributed by atoms with Gasteiger partial charge in [0.1, 0.15) is 0 Å². The first-order valence-corrected chi connectivity index (χ1v) is 32.6. The van der Waals surface area contributed by atoms with Gasteiger partial charge in [0.15, 0.2) is 16.6 Å². The van der Waals surface area contributed by atoms with Gasteiger partial charge in [-0.25, -0.2) is 4.57 Å². The maximum atomic E-state index is 10.5. The molecule has 0 fully saturated rings. The third kappa shape index (κ3) is 42.1. The van der Waals surface area contributed by atoms with Crippen LogP contribution in [0.5, 0.6) is 0 Å². The van der Waals surface area contributed by atoms with Crippen molar-refractivity contribution in [3.8, 4) is 0 Å². The summed E-state index contributed by atoms with van der Waals surface area (Å²) < 4.78 is 89.3. The summed E-state index contributed by atoms with van der Waals surface area (Å²) in [5.74, 6) is 0. The first kappa shape index (κ1) is 54.5. The Labute approximate surface area is 329 Å². The largest absolute Gasteiger partial charge is 0.469 e. The lowest BCUT2D eigenvalue weighted by atomic mass is 10.5. The van der Waals surface area contributed by atoms with E-state index >= 15 is 0 Å². The lowest BCUT2D eigenvalue weighted by Crippen LogP contribution is -2.56. The molecule has 0 saturated heterocycles. The Bertz CT molecular complexity index is 912. The molecular weight excluding hydrogens is 800 g/mol. The summed E-state index contributed by atoms with van der Waals surface area (Å²) in [7, 11) is -12.6. The quantitative estimate of drug-likeness (QED) is 0.0507. The third-order valence-electron chi connectivity index (χ3n) is 6.29. The molecule has 1 atom stereocenters. The van der Waals surface area contributed by atoms with Crippen LogP contribution in [0.3, 0.4) is 0 Å². The molecule has 0 rings (SSSR count). The van der Waals surface area contributed by atoms with Crippen molar-refractivity contribution in [3.05, 3.63) is 0 Å². The van der Waals surface area contributed by atoms with Crippen LogP contribution < -0.4 is 0 Å². The fourth-order valence-corrected chi connectivity index (χ4v) is 23.1. The van der Waals surface area contributed by atoms with Crippen LogP contribution in [0.2, 0.25) is 65.0 Å². The van der Waals surface area contributed by atoms with Crippen molar-refractivity contribution in [2.24, 2.45) is 0 Å². The molecule has 326 valence electrons. The normalized spacial score (nSPS) is 14.2. The number of ether oxygens (including phenoxy) is 10. The molecule has 0 aromatic rings. The van der Waals surface area contributed by atoms with Gasteiger partial charge in [0, 0.05) is 6.61 Å². The second kappa shape index (κ2) is 32.3. The molecule has 0 aromatic heterocycles. The molecule has 0 spiro atoms. The Morgan fingerprint density at radius 2 is 0.630 bits per heavy atom. The van der Waals surface area contributed by atoms with Crippen LogP contribution in [0.4, 0.5) is 0 Å². The van der Waals surface area contributed by atoms with Crippen molar-refractivity contribution in [2.45, 2.75) is 71.4 Å². The maximum absolute atomic E-state index is 10.5. The van der Waals surface area contributed by atoms with Gasteiger partial charge in [0.25, 0.3) is 0 Å². The molecule has 22 heteroatoms. The van der Waals surface area contributed by atoms with Gasteiger partial charge in [0.05, 0.1) is 132 Å². The van der Waals surface area contributed by atoms with E-state index in [4.69, 9.17) is 69.5 Å². The van der Waals surface area contributed by atoms with Gasteiger partial charge in [-0.05, 0) is 71.4 Å². The van der Waals surface area contributed by atoms with E-state index in [1.165, 1.54) is 0 Å². The van der Waals surface area contributed by atoms with Crippen molar-refractivity contribution in [1.29, 1.82) is 0 Å². The number of phosphoric acid groups is 1. The van der Waals surface area contributed by atoms with E-state index in [-0.39, 0.29) is 13.2 Å². The summed E-state index contributed by atoms with van der Waals surface area (Å²) in [6, 6.07) is 0.879. The van der Waals surface area contributed by atoms with E-state index < -0.39 is 41.6 Å². The molecule has 2 N–H and O–H groups in total. The predicted octanol–water partition coefficient (Wildman–Crippen LogP) is 4.15. The molecule has 0 heterocycles. The molecule has 1 unspecified atom stereocenters. The number of phosphoric ester groups is 1. The SMILES string of the molecule is C[Si](C)(C)O[Si](C)(C)O[Si](C)(CCCOCCOCCOCCOCCOCCOCCOCCOCCOCCOCCOP(=O)(O)O)O[Si](C)(C)C. The van der Waals surface area contributed by atoms with Crippen molar-refractivity contribution >= 4 is 41.6 Å². The molecule has 0 aliphatic rings. The summed E-state index contributed by atoms with van der Waals surface area (Å²) in [6.45, 7) is 28.5. The van der Waals surface area contributed by atoms with Crippen molar-refractivity contribution in [2.75, 3.05) is 139 Å². The van der Waals surface area contributed by atoms with Crippen LogP contribution in [-0.2, 0) is 68.8 Å². The summed E-state index contributed by atoms with van der Waals surface area (Å²) in [4.78, 5) is 17.1. The highest BCUT2D eigenvalue weighted by molar-refractivity contribution is 7.46. The number of hydrogen-bond acceptors (Lipinski definition) is 15. The van der Waals surface area contributed by atoms with Crippen molar-refractivity contribution in [1.82, 2.24) is 0 Å². The van der Waals surface area contributed by atoms with E-state index in [9.17, 15) is 4.57 Å². The number of rotatable bonds is 41. The summed E-state index contributed by atoms with van der Waals surface area (Å²) in [5, 5.41) is 0. The monoisotopic (exact) mass is 874 g/mol. The van der Waals surface area contributed by atoms with Gasteiger partial charge >= 0.3 is 24.9 Å². The van der Waals surface area contributed by atoms with Crippen molar-refractivity contribution < 1.29 is 78.6 Å². The van der Waals surface area contributed by atoms with Gasteiger partial charge < -0.3 is 69.5 Å². The minimum Gasteiger partial charge on any atom is -0.437 e. The highest BCUT2D eigenvalue weighted by Gasteiger charge is 2.44. The van der Waals surface area contributed by atoms with Crippen molar-refractivity contribution in [3.63, 3.8) is 0 Å². The Hall–Kier alpha value is 0.458. The third-order valence-corrected chi connectivity index (χ3v) is 20.4. The minimum atomic E-state index is -4.44. The van der Waals surface area contributed by atoms with E-state index in [1.807, 2.05) is 0 Å². The Balaban J connectivity index is 3.46. The molecule has 17 nitrogen and oxygen atoms in total. The molecule has 0 radical (unpaired) electrons. The summed E-state index contributed by atoms with van der Waals surface area (Å²) >= 11 is 0. The topological polar surface area (TPSA) is 187 Å². The van der Waals surface area contributed by atoms with Gasteiger partial charge in [-0.2, -0.15) is 0 Å². The Morgan fingerprint density at radius 1 is 0.370 bits per heavy atom. The van der Waals surface area contributed by atoms with Crippen LogP contribution in [0.25, 0.3) is 0 Å². The highest BCUT2D eigenvalue weighted by Crippen LogP contribution is 2.35. The first-order valence-electron chi connectivity index (χ1n) is 18.9. The van der Waals surface area contributed by atoms with Gasteiger partial charge in [0.2, 0.25) is 0 Å². The van der Waals surface area contributed by atoms with Gasteiger partial charge in [-0.1, -0.05) is 0 Å². The molecule has 0 bridgehead atoms. The minimum absolute atomic E-state index is 0.0764. The molecule has 54 heavy (non-hydrogen) atoms. The average Bonchev–Trinajstić information content (AvgIpc) is 3.02. The smallest absolute Gasteiger partial charge is 0.437 e. The lowest BCUT2D eigenvalue weighted by Gasteiger charge is -2.41. The Kier molecular flexibility index (Phi) is 32.6. The molecule has 0 aromatic carbocycles. The molecule has 0 aliphatic carbocycles. The highest BCUT2D eigenvalue weighted by atomic mass is 31.2. The molecule has 0 aliphatic heterocycles. The van der Waals surface area contributed by atoms with Crippen LogP contribution in [0.1, 0.15) is 6.42 Å². The van der Waals surface area contributed by atoms with E-state index in [2.05, 4.69) is 63.4 Å².